The predicted octanol–water partition coefficient (Wildman–Crippen LogP) is 2.83. The van der Waals surface area contributed by atoms with Crippen molar-refractivity contribution in [2.45, 2.75) is 20.3 Å². The van der Waals surface area contributed by atoms with Gasteiger partial charge < -0.3 is 0 Å². The van der Waals surface area contributed by atoms with Crippen LogP contribution in [0.25, 0.3) is 0 Å². The maximum Gasteiger partial charge on any atom is 0.133 e. The molecule has 0 unspecified atom stereocenters. The summed E-state index contributed by atoms with van der Waals surface area (Å²) in [5.41, 5.74) is 0.784. The van der Waals surface area contributed by atoms with E-state index in [0.717, 1.165) is 5.56 Å². The molecular formula is C9H11ClN2. The molecule has 0 radical (unpaired) electrons. The van der Waals surface area contributed by atoms with Crippen molar-refractivity contribution >= 4 is 11.6 Å². The van der Waals surface area contributed by atoms with Gasteiger partial charge in [-0.15, -0.1) is 0 Å². The third kappa shape index (κ3) is 3.36. The fourth-order valence-electron chi connectivity index (χ4n) is 0.636. The molecule has 1 heterocycles. The first-order chi connectivity index (χ1) is 5.84. The molecule has 0 N–H and O–H groups in total. The summed E-state index contributed by atoms with van der Waals surface area (Å²) in [7, 11) is 0. The van der Waals surface area contributed by atoms with Crippen molar-refractivity contribution < 1.29 is 0 Å². The van der Waals surface area contributed by atoms with Crippen LogP contribution in [-0.4, -0.2) is 4.98 Å². The van der Waals surface area contributed by atoms with Gasteiger partial charge in [-0.05, 0) is 6.07 Å². The summed E-state index contributed by atoms with van der Waals surface area (Å²) in [6.07, 6.45) is 1.93. The highest BCUT2D eigenvalue weighted by Gasteiger charge is 1.96. The molecule has 0 spiro atoms. The van der Waals surface area contributed by atoms with E-state index in [1.165, 1.54) is 0 Å². The van der Waals surface area contributed by atoms with Crippen LogP contribution in [0.5, 0.6) is 0 Å². The monoisotopic (exact) mass is 182 g/mol. The van der Waals surface area contributed by atoms with E-state index in [0.29, 0.717) is 11.6 Å². The summed E-state index contributed by atoms with van der Waals surface area (Å²) < 4.78 is 0. The van der Waals surface area contributed by atoms with Gasteiger partial charge in [0.15, 0.2) is 0 Å². The first-order valence-electron chi connectivity index (χ1n) is 3.81. The standard InChI is InChI=1S/C7H5ClN2.C2H6/c8-7-6(3-4-9)2-1-5-10-7;1-2/h1-2,5H,3H2;1-2H3. The van der Waals surface area contributed by atoms with Crippen molar-refractivity contribution in [2.24, 2.45) is 0 Å². The van der Waals surface area contributed by atoms with E-state index in [1.807, 2.05) is 19.9 Å². The minimum Gasteiger partial charge on any atom is -0.244 e. The zero-order valence-electron chi connectivity index (χ0n) is 7.21. The fourth-order valence-corrected chi connectivity index (χ4v) is 0.823. The number of halogens is 1. The Hall–Kier alpha value is -1.07. The first-order valence-corrected chi connectivity index (χ1v) is 4.18. The first kappa shape index (κ1) is 10.9. The van der Waals surface area contributed by atoms with Crippen LogP contribution >= 0.6 is 11.6 Å². The summed E-state index contributed by atoms with van der Waals surface area (Å²) in [6.45, 7) is 4.00. The number of nitrogens with zero attached hydrogens (tertiary/aromatic N) is 2. The van der Waals surface area contributed by atoms with Gasteiger partial charge in [0.05, 0.1) is 12.5 Å². The SMILES string of the molecule is CC.N#CCc1cccnc1Cl. The molecule has 0 amide bonds. The van der Waals surface area contributed by atoms with E-state index in [4.69, 9.17) is 16.9 Å². The molecule has 0 aliphatic heterocycles. The summed E-state index contributed by atoms with van der Waals surface area (Å²) in [6, 6.07) is 5.55. The Morgan fingerprint density at radius 2 is 2.25 bits per heavy atom. The molecule has 0 aromatic carbocycles. The lowest BCUT2D eigenvalue weighted by Crippen LogP contribution is -1.84. The van der Waals surface area contributed by atoms with E-state index >= 15 is 0 Å². The van der Waals surface area contributed by atoms with Crippen molar-refractivity contribution in [3.05, 3.63) is 29.0 Å². The van der Waals surface area contributed by atoms with E-state index in [2.05, 4.69) is 4.98 Å². The highest BCUT2D eigenvalue weighted by atomic mass is 35.5. The normalized spacial score (nSPS) is 7.83. The maximum atomic E-state index is 8.31. The Morgan fingerprint density at radius 1 is 1.58 bits per heavy atom. The average Bonchev–Trinajstić information content (AvgIpc) is 2.13. The molecule has 0 aliphatic carbocycles. The maximum absolute atomic E-state index is 8.31. The van der Waals surface area contributed by atoms with Gasteiger partial charge in [-0.2, -0.15) is 5.26 Å². The van der Waals surface area contributed by atoms with Gasteiger partial charge in [-0.25, -0.2) is 4.98 Å². The largest absolute Gasteiger partial charge is 0.244 e. The number of hydrogen-bond donors (Lipinski definition) is 0. The van der Waals surface area contributed by atoms with Crippen molar-refractivity contribution in [3.8, 4) is 6.07 Å². The molecule has 0 aliphatic rings. The van der Waals surface area contributed by atoms with Crippen LogP contribution in [0.1, 0.15) is 19.4 Å². The van der Waals surface area contributed by atoms with Gasteiger partial charge in [0.2, 0.25) is 0 Å². The van der Waals surface area contributed by atoms with Crippen molar-refractivity contribution in [2.75, 3.05) is 0 Å². The lowest BCUT2D eigenvalue weighted by molar-refractivity contribution is 1.19. The number of rotatable bonds is 1. The van der Waals surface area contributed by atoms with Crippen LogP contribution in [0.2, 0.25) is 5.15 Å². The number of pyridine rings is 1. The predicted molar refractivity (Wildman–Crippen MR) is 49.9 cm³/mol. The molecule has 0 bridgehead atoms. The molecule has 1 aromatic heterocycles. The van der Waals surface area contributed by atoms with E-state index in [9.17, 15) is 0 Å². The highest BCUT2D eigenvalue weighted by Crippen LogP contribution is 2.10. The smallest absolute Gasteiger partial charge is 0.133 e. The van der Waals surface area contributed by atoms with Gasteiger partial charge in [0.1, 0.15) is 5.15 Å². The van der Waals surface area contributed by atoms with E-state index in [-0.39, 0.29) is 0 Å². The molecule has 0 fully saturated rings. The Labute approximate surface area is 77.8 Å². The number of hydrogen-bond acceptors (Lipinski definition) is 2. The van der Waals surface area contributed by atoms with Crippen molar-refractivity contribution in [1.82, 2.24) is 4.98 Å². The van der Waals surface area contributed by atoms with E-state index < -0.39 is 0 Å². The second kappa shape index (κ2) is 6.63. The van der Waals surface area contributed by atoms with Gasteiger partial charge in [0, 0.05) is 11.8 Å². The highest BCUT2D eigenvalue weighted by molar-refractivity contribution is 6.30. The molecule has 1 rings (SSSR count). The van der Waals surface area contributed by atoms with Crippen LogP contribution in [0, 0.1) is 11.3 Å². The molecule has 2 nitrogen and oxygen atoms in total. The third-order valence-corrected chi connectivity index (χ3v) is 1.45. The zero-order valence-corrected chi connectivity index (χ0v) is 7.97. The van der Waals surface area contributed by atoms with Gasteiger partial charge in [-0.3, -0.25) is 0 Å². The van der Waals surface area contributed by atoms with E-state index in [1.54, 1.807) is 18.3 Å². The third-order valence-electron chi connectivity index (χ3n) is 1.11. The molecule has 12 heavy (non-hydrogen) atoms. The average molecular weight is 183 g/mol. The quantitative estimate of drug-likeness (QED) is 0.627. The second-order valence-electron chi connectivity index (χ2n) is 1.79. The number of nitriles is 1. The van der Waals surface area contributed by atoms with Crippen molar-refractivity contribution in [1.29, 1.82) is 5.26 Å². The van der Waals surface area contributed by atoms with Crippen LogP contribution in [-0.2, 0) is 6.42 Å². The van der Waals surface area contributed by atoms with Gasteiger partial charge >= 0.3 is 0 Å². The Bertz CT molecular complexity index is 265. The van der Waals surface area contributed by atoms with Gasteiger partial charge in [0.25, 0.3) is 0 Å². The molecule has 0 saturated carbocycles. The minimum absolute atomic E-state index is 0.326. The lowest BCUT2D eigenvalue weighted by Gasteiger charge is -1.93. The Balaban J connectivity index is 0.000000561. The zero-order chi connectivity index (χ0) is 9.40. The Morgan fingerprint density at radius 3 is 2.75 bits per heavy atom. The molecule has 0 atom stereocenters. The van der Waals surface area contributed by atoms with Crippen LogP contribution in [0.15, 0.2) is 18.3 Å². The van der Waals surface area contributed by atoms with Crippen LogP contribution < -0.4 is 0 Å². The molecule has 64 valence electrons. The lowest BCUT2D eigenvalue weighted by atomic mass is 10.2. The molecule has 1 aromatic rings. The summed E-state index contributed by atoms with van der Waals surface area (Å²) in [4.78, 5) is 3.81. The molecular weight excluding hydrogens is 172 g/mol. The second-order valence-corrected chi connectivity index (χ2v) is 2.15. The van der Waals surface area contributed by atoms with Crippen LogP contribution in [0.3, 0.4) is 0 Å². The Kier molecular flexibility index (Phi) is 6.04. The van der Waals surface area contributed by atoms with Gasteiger partial charge in [-0.1, -0.05) is 31.5 Å². The van der Waals surface area contributed by atoms with Crippen LogP contribution in [0.4, 0.5) is 0 Å². The summed E-state index contributed by atoms with van der Waals surface area (Å²) in [5.74, 6) is 0. The summed E-state index contributed by atoms with van der Waals surface area (Å²) in [5, 5.41) is 8.73. The fraction of sp³-hybridized carbons (Fsp3) is 0.333. The topological polar surface area (TPSA) is 36.7 Å². The molecule has 0 saturated heterocycles. The summed E-state index contributed by atoms with van der Waals surface area (Å²) >= 11 is 5.64. The van der Waals surface area contributed by atoms with Crippen molar-refractivity contribution in [3.63, 3.8) is 0 Å². The molecule has 3 heteroatoms. The minimum atomic E-state index is 0.326. The number of aromatic nitrogens is 1.